The smallest absolute Gasteiger partial charge is 0.230 e. The number of hydrogen-bond acceptors (Lipinski definition) is 5. The van der Waals surface area contributed by atoms with Crippen LogP contribution in [-0.2, 0) is 4.79 Å². The van der Waals surface area contributed by atoms with Crippen LogP contribution in [0, 0.1) is 11.6 Å². The van der Waals surface area contributed by atoms with Crippen LogP contribution >= 0.6 is 11.8 Å². The van der Waals surface area contributed by atoms with Crippen molar-refractivity contribution < 1.29 is 13.6 Å². The quantitative estimate of drug-likeness (QED) is 0.342. The topological polar surface area (TPSA) is 63.1 Å². The highest BCUT2D eigenvalue weighted by Crippen LogP contribution is 2.28. The Morgan fingerprint density at radius 2 is 1.71 bits per heavy atom. The highest BCUT2D eigenvalue weighted by Gasteiger charge is 2.19. The summed E-state index contributed by atoms with van der Waals surface area (Å²) >= 11 is 1.26. The maximum atomic E-state index is 13.7. The summed E-state index contributed by atoms with van der Waals surface area (Å²) in [6.45, 7) is 0.335. The van der Waals surface area contributed by atoms with E-state index in [4.69, 9.17) is 0 Å². The van der Waals surface area contributed by atoms with Gasteiger partial charge in [0.25, 0.3) is 0 Å². The van der Waals surface area contributed by atoms with E-state index in [0.717, 1.165) is 11.3 Å². The Kier molecular flexibility index (Phi) is 7.89. The van der Waals surface area contributed by atoms with Crippen molar-refractivity contribution in [2.45, 2.75) is 11.2 Å². The average Bonchev–Trinajstić information content (AvgIpc) is 3.28. The zero-order chi connectivity index (χ0) is 24.8. The van der Waals surface area contributed by atoms with Crippen molar-refractivity contribution in [1.82, 2.24) is 25.0 Å². The molecule has 0 aliphatic carbocycles. The van der Waals surface area contributed by atoms with Crippen LogP contribution in [0.25, 0.3) is 17.1 Å². The number of nitrogens with zero attached hydrogens (tertiary/aromatic N) is 4. The van der Waals surface area contributed by atoms with E-state index in [1.165, 1.54) is 36.0 Å². The third-order valence-corrected chi connectivity index (χ3v) is 6.36. The molecule has 0 aliphatic heterocycles. The molecule has 0 radical (unpaired) electrons. The molecule has 1 amide bonds. The van der Waals surface area contributed by atoms with Crippen LogP contribution in [0.5, 0.6) is 0 Å². The second-order valence-corrected chi connectivity index (χ2v) is 9.05. The van der Waals surface area contributed by atoms with Crippen molar-refractivity contribution in [3.05, 3.63) is 96.1 Å². The number of halogens is 2. The van der Waals surface area contributed by atoms with Crippen LogP contribution < -0.4 is 5.32 Å². The van der Waals surface area contributed by atoms with Crippen molar-refractivity contribution >= 4 is 17.7 Å². The molecule has 0 saturated heterocycles. The predicted molar refractivity (Wildman–Crippen MR) is 133 cm³/mol. The van der Waals surface area contributed by atoms with Gasteiger partial charge in [-0.2, -0.15) is 0 Å². The molecular weight excluding hydrogens is 468 g/mol. The first-order valence-electron chi connectivity index (χ1n) is 11.0. The molecular formula is C26H25F2N5OS. The molecule has 6 nitrogen and oxygen atoms in total. The second kappa shape index (κ2) is 11.2. The van der Waals surface area contributed by atoms with Gasteiger partial charge < -0.3 is 10.2 Å². The fourth-order valence-corrected chi connectivity index (χ4v) is 4.45. The normalized spacial score (nSPS) is 12.0. The molecule has 4 aromatic rings. The Morgan fingerprint density at radius 3 is 2.40 bits per heavy atom. The van der Waals surface area contributed by atoms with Gasteiger partial charge in [-0.15, -0.1) is 10.2 Å². The van der Waals surface area contributed by atoms with Gasteiger partial charge in [0, 0.05) is 17.8 Å². The Morgan fingerprint density at radius 1 is 0.971 bits per heavy atom. The zero-order valence-corrected chi connectivity index (χ0v) is 20.2. The number of carbonyl (C=O) groups excluding carboxylic acids is 1. The van der Waals surface area contributed by atoms with Gasteiger partial charge in [0.05, 0.1) is 11.8 Å². The standard InChI is InChI=1S/C26H25F2N5OS/c1-32(2)23(19-7-6-8-21(28)15-19)16-29-24(34)17-35-26-31-30-25(18-11-13-20(27)14-12-18)33(26)22-9-4-3-5-10-22/h3-15,23H,16-17H2,1-2H3,(H,29,34). The highest BCUT2D eigenvalue weighted by molar-refractivity contribution is 7.99. The van der Waals surface area contributed by atoms with Crippen LogP contribution in [0.3, 0.4) is 0 Å². The summed E-state index contributed by atoms with van der Waals surface area (Å²) in [6, 6.07) is 21.8. The molecule has 0 spiro atoms. The molecule has 35 heavy (non-hydrogen) atoms. The summed E-state index contributed by atoms with van der Waals surface area (Å²) in [4.78, 5) is 14.6. The molecule has 1 aromatic heterocycles. The maximum absolute atomic E-state index is 13.7. The molecule has 0 bridgehead atoms. The first-order chi connectivity index (χ1) is 16.9. The fraction of sp³-hybridized carbons (Fsp3) is 0.192. The van der Waals surface area contributed by atoms with Crippen LogP contribution in [0.15, 0.2) is 84.0 Å². The Hall–Kier alpha value is -3.56. The molecule has 9 heteroatoms. The molecule has 1 N–H and O–H groups in total. The number of carbonyl (C=O) groups is 1. The molecule has 4 rings (SSSR count). The molecule has 1 atom stereocenters. The number of hydrogen-bond donors (Lipinski definition) is 1. The lowest BCUT2D eigenvalue weighted by Crippen LogP contribution is -2.35. The number of nitrogens with one attached hydrogen (secondary N) is 1. The molecule has 180 valence electrons. The summed E-state index contributed by atoms with van der Waals surface area (Å²) in [5.41, 5.74) is 2.33. The lowest BCUT2D eigenvalue weighted by Gasteiger charge is -2.25. The van der Waals surface area contributed by atoms with Gasteiger partial charge in [0.2, 0.25) is 5.91 Å². The van der Waals surface area contributed by atoms with Gasteiger partial charge in [-0.3, -0.25) is 9.36 Å². The summed E-state index contributed by atoms with van der Waals surface area (Å²) < 4.78 is 29.0. The molecule has 1 heterocycles. The van der Waals surface area contributed by atoms with Crippen molar-refractivity contribution in [3.63, 3.8) is 0 Å². The first-order valence-corrected chi connectivity index (χ1v) is 12.0. The zero-order valence-electron chi connectivity index (χ0n) is 19.4. The monoisotopic (exact) mass is 493 g/mol. The third-order valence-electron chi connectivity index (χ3n) is 5.43. The van der Waals surface area contributed by atoms with E-state index in [1.54, 1.807) is 18.2 Å². The number of rotatable bonds is 9. The second-order valence-electron chi connectivity index (χ2n) is 8.11. The van der Waals surface area contributed by atoms with Crippen LogP contribution in [0.2, 0.25) is 0 Å². The summed E-state index contributed by atoms with van der Waals surface area (Å²) in [7, 11) is 3.77. The molecule has 0 saturated carbocycles. The predicted octanol–water partition coefficient (Wildman–Crippen LogP) is 4.72. The molecule has 0 fully saturated rings. The van der Waals surface area contributed by atoms with Crippen molar-refractivity contribution in [3.8, 4) is 17.1 Å². The lowest BCUT2D eigenvalue weighted by molar-refractivity contribution is -0.118. The van der Waals surface area contributed by atoms with Crippen LogP contribution in [0.4, 0.5) is 8.78 Å². The van der Waals surface area contributed by atoms with E-state index < -0.39 is 0 Å². The number of amides is 1. The lowest BCUT2D eigenvalue weighted by atomic mass is 10.1. The maximum Gasteiger partial charge on any atom is 0.230 e. The summed E-state index contributed by atoms with van der Waals surface area (Å²) in [5, 5.41) is 12.1. The van der Waals surface area contributed by atoms with E-state index in [-0.39, 0.29) is 29.3 Å². The van der Waals surface area contributed by atoms with Crippen molar-refractivity contribution in [2.24, 2.45) is 0 Å². The van der Waals surface area contributed by atoms with Gasteiger partial charge in [-0.25, -0.2) is 8.78 Å². The first kappa shape index (κ1) is 24.6. The number of thioether (sulfide) groups is 1. The minimum atomic E-state index is -0.333. The molecule has 1 unspecified atom stereocenters. The number of para-hydroxylation sites is 1. The Balaban J connectivity index is 1.48. The van der Waals surface area contributed by atoms with E-state index in [1.807, 2.05) is 60.0 Å². The summed E-state index contributed by atoms with van der Waals surface area (Å²) in [5.74, 6) is -0.145. The van der Waals surface area contributed by atoms with Gasteiger partial charge in [-0.1, -0.05) is 42.1 Å². The minimum absolute atomic E-state index is 0.123. The Labute approximate surface area is 207 Å². The number of aromatic nitrogens is 3. The Bertz CT molecular complexity index is 1280. The van der Waals surface area contributed by atoms with Gasteiger partial charge >= 0.3 is 0 Å². The SMILES string of the molecule is CN(C)C(CNC(=O)CSc1nnc(-c2ccc(F)cc2)n1-c1ccccc1)c1cccc(F)c1. The average molecular weight is 494 g/mol. The van der Waals surface area contributed by atoms with Gasteiger partial charge in [-0.05, 0) is 68.2 Å². The minimum Gasteiger partial charge on any atom is -0.353 e. The van der Waals surface area contributed by atoms with Crippen LogP contribution in [-0.4, -0.2) is 52.0 Å². The molecule has 0 aliphatic rings. The third kappa shape index (κ3) is 6.12. The van der Waals surface area contributed by atoms with Crippen molar-refractivity contribution in [2.75, 3.05) is 26.4 Å². The largest absolute Gasteiger partial charge is 0.353 e. The number of benzene rings is 3. The highest BCUT2D eigenvalue weighted by atomic mass is 32.2. The van der Waals surface area contributed by atoms with Gasteiger partial charge in [0.1, 0.15) is 11.6 Å². The van der Waals surface area contributed by atoms with E-state index >= 15 is 0 Å². The van der Waals surface area contributed by atoms with E-state index in [9.17, 15) is 13.6 Å². The van der Waals surface area contributed by atoms with Crippen LogP contribution in [0.1, 0.15) is 11.6 Å². The molecule has 3 aromatic carbocycles. The van der Waals surface area contributed by atoms with E-state index in [0.29, 0.717) is 23.1 Å². The fourth-order valence-electron chi connectivity index (χ4n) is 3.66. The van der Waals surface area contributed by atoms with E-state index in [2.05, 4.69) is 15.5 Å². The summed E-state index contributed by atoms with van der Waals surface area (Å²) in [6.07, 6.45) is 0. The number of likely N-dealkylation sites (N-methyl/N-ethyl adjacent to an activating group) is 1. The van der Waals surface area contributed by atoms with Crippen molar-refractivity contribution in [1.29, 1.82) is 0 Å². The van der Waals surface area contributed by atoms with Gasteiger partial charge in [0.15, 0.2) is 11.0 Å².